The van der Waals surface area contributed by atoms with Gasteiger partial charge in [0.2, 0.25) is 0 Å². The summed E-state index contributed by atoms with van der Waals surface area (Å²) >= 11 is 0. The summed E-state index contributed by atoms with van der Waals surface area (Å²) in [4.78, 5) is 13.7. The van der Waals surface area contributed by atoms with Crippen LogP contribution in [0.2, 0.25) is 0 Å². The summed E-state index contributed by atoms with van der Waals surface area (Å²) < 4.78 is 0. The van der Waals surface area contributed by atoms with Crippen molar-refractivity contribution in [3.8, 4) is 0 Å². The lowest BCUT2D eigenvalue weighted by Gasteiger charge is -2.35. The number of nitrogens with zero attached hydrogens (tertiary/aromatic N) is 3. The number of aromatic nitrogens is 3. The summed E-state index contributed by atoms with van der Waals surface area (Å²) in [7, 11) is 1.78. The molecule has 2 rings (SSSR count). The molecule has 1 amide bonds. The molecule has 1 fully saturated rings. The number of rotatable bonds is 2. The van der Waals surface area contributed by atoms with Crippen LogP contribution in [0.1, 0.15) is 36.2 Å². The molecule has 0 spiro atoms. The third-order valence-electron chi connectivity index (χ3n) is 3.23. The zero-order valence-corrected chi connectivity index (χ0v) is 9.39. The Kier molecular flexibility index (Phi) is 3.19. The number of nitrogens with two attached hydrogens (primary N) is 1. The molecule has 6 heteroatoms. The van der Waals surface area contributed by atoms with Crippen molar-refractivity contribution in [3.63, 3.8) is 0 Å². The van der Waals surface area contributed by atoms with E-state index >= 15 is 0 Å². The van der Waals surface area contributed by atoms with Crippen molar-refractivity contribution in [2.45, 2.75) is 37.8 Å². The van der Waals surface area contributed by atoms with Gasteiger partial charge in [-0.3, -0.25) is 4.79 Å². The van der Waals surface area contributed by atoms with Crippen molar-refractivity contribution >= 4 is 5.91 Å². The second-order valence-corrected chi connectivity index (χ2v) is 4.29. The van der Waals surface area contributed by atoms with Crippen molar-refractivity contribution in [2.75, 3.05) is 7.05 Å². The first-order valence-electron chi connectivity index (χ1n) is 5.58. The highest BCUT2D eigenvalue weighted by Crippen LogP contribution is 2.21. The predicted molar refractivity (Wildman–Crippen MR) is 58.7 cm³/mol. The lowest BCUT2D eigenvalue weighted by molar-refractivity contribution is 0.0666. The first kappa shape index (κ1) is 11.1. The van der Waals surface area contributed by atoms with Crippen LogP contribution in [-0.2, 0) is 0 Å². The number of carbonyl (C=O) groups is 1. The SMILES string of the molecule is CN(C(=O)c1cn[nH]n1)C1CCCCC1N. The van der Waals surface area contributed by atoms with E-state index in [1.807, 2.05) is 0 Å². The van der Waals surface area contributed by atoms with Crippen LogP contribution in [0.4, 0.5) is 0 Å². The number of nitrogens with one attached hydrogen (secondary N) is 1. The lowest BCUT2D eigenvalue weighted by atomic mass is 9.90. The third-order valence-corrected chi connectivity index (χ3v) is 3.23. The number of H-pyrrole nitrogens is 1. The van der Waals surface area contributed by atoms with Crippen LogP contribution in [0.5, 0.6) is 0 Å². The first-order valence-corrected chi connectivity index (χ1v) is 5.58. The number of likely N-dealkylation sites (N-methyl/N-ethyl adjacent to an activating group) is 1. The van der Waals surface area contributed by atoms with E-state index in [1.165, 1.54) is 6.20 Å². The largest absolute Gasteiger partial charge is 0.336 e. The third kappa shape index (κ3) is 2.06. The number of carbonyl (C=O) groups excluding carboxylic acids is 1. The van der Waals surface area contributed by atoms with E-state index in [9.17, 15) is 4.79 Å². The summed E-state index contributed by atoms with van der Waals surface area (Å²) in [5.41, 5.74) is 6.38. The Balaban J connectivity index is 2.06. The monoisotopic (exact) mass is 223 g/mol. The Morgan fingerprint density at radius 2 is 2.31 bits per heavy atom. The molecular weight excluding hydrogens is 206 g/mol. The van der Waals surface area contributed by atoms with E-state index in [0.29, 0.717) is 5.69 Å². The van der Waals surface area contributed by atoms with Gasteiger partial charge in [0.25, 0.3) is 5.91 Å². The Morgan fingerprint density at radius 3 is 2.94 bits per heavy atom. The number of aromatic amines is 1. The van der Waals surface area contributed by atoms with Crippen molar-refractivity contribution < 1.29 is 4.79 Å². The fourth-order valence-electron chi connectivity index (χ4n) is 2.26. The molecule has 1 aromatic rings. The average Bonchev–Trinajstić information content (AvgIpc) is 2.81. The van der Waals surface area contributed by atoms with E-state index in [0.717, 1.165) is 25.7 Å². The maximum absolute atomic E-state index is 12.0. The molecule has 0 radical (unpaired) electrons. The molecule has 2 atom stereocenters. The molecule has 0 bridgehead atoms. The molecule has 0 saturated heterocycles. The van der Waals surface area contributed by atoms with Crippen LogP contribution in [0.15, 0.2) is 6.20 Å². The van der Waals surface area contributed by atoms with Gasteiger partial charge in [-0.2, -0.15) is 15.4 Å². The zero-order valence-electron chi connectivity index (χ0n) is 9.39. The summed E-state index contributed by atoms with van der Waals surface area (Å²) in [6, 6.07) is 0.201. The van der Waals surface area contributed by atoms with Crippen molar-refractivity contribution in [3.05, 3.63) is 11.9 Å². The molecule has 1 saturated carbocycles. The summed E-state index contributed by atoms with van der Waals surface area (Å²) in [6.45, 7) is 0. The van der Waals surface area contributed by atoms with E-state index in [4.69, 9.17) is 5.73 Å². The van der Waals surface area contributed by atoms with E-state index < -0.39 is 0 Å². The average molecular weight is 223 g/mol. The number of hydrogen-bond donors (Lipinski definition) is 2. The zero-order chi connectivity index (χ0) is 11.5. The second kappa shape index (κ2) is 4.61. The Labute approximate surface area is 94.2 Å². The quantitative estimate of drug-likeness (QED) is 0.746. The van der Waals surface area contributed by atoms with Gasteiger partial charge < -0.3 is 10.6 Å². The van der Waals surface area contributed by atoms with Gasteiger partial charge in [-0.1, -0.05) is 12.8 Å². The van der Waals surface area contributed by atoms with Crippen LogP contribution < -0.4 is 5.73 Å². The number of amides is 1. The molecule has 1 aliphatic carbocycles. The van der Waals surface area contributed by atoms with Gasteiger partial charge in [-0.25, -0.2) is 0 Å². The van der Waals surface area contributed by atoms with Crippen molar-refractivity contribution in [2.24, 2.45) is 5.73 Å². The molecule has 0 aliphatic heterocycles. The van der Waals surface area contributed by atoms with Gasteiger partial charge in [0, 0.05) is 19.1 Å². The van der Waals surface area contributed by atoms with Gasteiger partial charge in [0.05, 0.1) is 6.20 Å². The highest BCUT2D eigenvalue weighted by molar-refractivity contribution is 5.91. The maximum atomic E-state index is 12.0. The molecule has 6 nitrogen and oxygen atoms in total. The normalized spacial score (nSPS) is 25.4. The molecule has 16 heavy (non-hydrogen) atoms. The van der Waals surface area contributed by atoms with Crippen LogP contribution in [0.3, 0.4) is 0 Å². The minimum Gasteiger partial charge on any atom is -0.336 e. The van der Waals surface area contributed by atoms with Crippen molar-refractivity contribution in [1.29, 1.82) is 0 Å². The van der Waals surface area contributed by atoms with Crippen LogP contribution >= 0.6 is 0 Å². The van der Waals surface area contributed by atoms with Crippen molar-refractivity contribution in [1.82, 2.24) is 20.3 Å². The molecule has 88 valence electrons. The standard InChI is InChI=1S/C10H17N5O/c1-15(9-5-3-2-4-7(9)11)10(16)8-6-12-14-13-8/h6-7,9H,2-5,11H2,1H3,(H,12,13,14). The fourth-order valence-corrected chi connectivity index (χ4v) is 2.26. The summed E-state index contributed by atoms with van der Waals surface area (Å²) in [5.74, 6) is -0.115. The molecular formula is C10H17N5O. The van der Waals surface area contributed by atoms with Gasteiger partial charge in [-0.05, 0) is 12.8 Å². The van der Waals surface area contributed by atoms with E-state index in [-0.39, 0.29) is 18.0 Å². The molecule has 1 heterocycles. The Bertz CT molecular complexity index is 350. The summed E-state index contributed by atoms with van der Waals surface area (Å²) in [5, 5.41) is 9.86. The summed E-state index contributed by atoms with van der Waals surface area (Å²) in [6.07, 6.45) is 5.69. The smallest absolute Gasteiger partial charge is 0.276 e. The van der Waals surface area contributed by atoms with Crippen LogP contribution in [-0.4, -0.2) is 45.3 Å². The van der Waals surface area contributed by atoms with Gasteiger partial charge in [0.15, 0.2) is 5.69 Å². The molecule has 2 unspecified atom stereocenters. The predicted octanol–water partition coefficient (Wildman–Crippen LogP) is 0.147. The maximum Gasteiger partial charge on any atom is 0.276 e. The topological polar surface area (TPSA) is 87.9 Å². The minimum absolute atomic E-state index is 0.0783. The Morgan fingerprint density at radius 1 is 1.56 bits per heavy atom. The highest BCUT2D eigenvalue weighted by atomic mass is 16.2. The first-order chi connectivity index (χ1) is 7.70. The Hall–Kier alpha value is -1.43. The van der Waals surface area contributed by atoms with E-state index in [1.54, 1.807) is 11.9 Å². The molecule has 3 N–H and O–H groups in total. The highest BCUT2D eigenvalue weighted by Gasteiger charge is 2.29. The van der Waals surface area contributed by atoms with Gasteiger partial charge >= 0.3 is 0 Å². The van der Waals surface area contributed by atoms with Gasteiger partial charge in [-0.15, -0.1) is 0 Å². The van der Waals surface area contributed by atoms with E-state index in [2.05, 4.69) is 15.4 Å². The van der Waals surface area contributed by atoms with Gasteiger partial charge in [0.1, 0.15) is 0 Å². The minimum atomic E-state index is -0.115. The lowest BCUT2D eigenvalue weighted by Crippen LogP contribution is -2.50. The number of hydrogen-bond acceptors (Lipinski definition) is 4. The van der Waals surface area contributed by atoms with Crippen LogP contribution in [0, 0.1) is 0 Å². The molecule has 0 aromatic carbocycles. The molecule has 1 aromatic heterocycles. The van der Waals surface area contributed by atoms with Crippen LogP contribution in [0.25, 0.3) is 0 Å². The molecule has 1 aliphatic rings. The second-order valence-electron chi connectivity index (χ2n) is 4.29. The fraction of sp³-hybridized carbons (Fsp3) is 0.700.